The van der Waals surface area contributed by atoms with Crippen LogP contribution in [-0.4, -0.2) is 186 Å². The van der Waals surface area contributed by atoms with Gasteiger partial charge in [0.1, 0.15) is 38.0 Å². The molecular formula is C119H200N12O13. The molecule has 15 aliphatic rings. The van der Waals surface area contributed by atoms with Gasteiger partial charge >= 0.3 is 17.9 Å². The zero-order chi connectivity index (χ0) is 106. The summed E-state index contributed by atoms with van der Waals surface area (Å²) in [5.41, 5.74) is 20.3. The van der Waals surface area contributed by atoms with Crippen molar-refractivity contribution in [2.75, 3.05) is 66.6 Å². The van der Waals surface area contributed by atoms with Crippen LogP contribution in [0.25, 0.3) is 0 Å². The Bertz CT molecular complexity index is 4880. The predicted octanol–water partition coefficient (Wildman–Crippen LogP) is 23.3. The van der Waals surface area contributed by atoms with Crippen LogP contribution < -0.4 is 17.2 Å². The third-order valence-corrected chi connectivity index (χ3v) is 48.3. The first-order valence-electron chi connectivity index (χ1n) is 55.8. The van der Waals surface area contributed by atoms with Crippen molar-refractivity contribution in [1.29, 1.82) is 0 Å². The van der Waals surface area contributed by atoms with Gasteiger partial charge in [0.15, 0.2) is 0 Å². The molecule has 814 valence electrons. The second-order valence-electron chi connectivity index (χ2n) is 58.2. The van der Waals surface area contributed by atoms with Crippen LogP contribution in [0.2, 0.25) is 0 Å². The van der Waals surface area contributed by atoms with Gasteiger partial charge in [-0.05, 0) is 272 Å². The molecule has 0 unspecified atom stereocenters. The maximum absolute atomic E-state index is 13.4. The number of H-pyrrole nitrogens is 1. The molecular weight excluding hydrogens is 1810 g/mol. The van der Waals surface area contributed by atoms with E-state index >= 15 is 0 Å². The third-order valence-electron chi connectivity index (χ3n) is 48.3. The first-order chi connectivity index (χ1) is 66.1. The van der Waals surface area contributed by atoms with Crippen LogP contribution in [0.4, 0.5) is 0 Å². The zero-order valence-corrected chi connectivity index (χ0v) is 95.1. The van der Waals surface area contributed by atoms with Gasteiger partial charge in [-0.25, -0.2) is 14.6 Å². The molecule has 0 aromatic carbocycles. The minimum Gasteiger partial charge on any atom is -0.481 e. The van der Waals surface area contributed by atoms with E-state index in [4.69, 9.17) is 55.5 Å². The number of aromatic nitrogens is 9. The Morgan fingerprint density at radius 2 is 0.750 bits per heavy atom. The maximum Gasteiger partial charge on any atom is 0.307 e. The molecule has 6 heterocycles. The molecule has 0 spiro atoms. The molecule has 3 saturated heterocycles. The minimum absolute atomic E-state index is 0. The molecule has 144 heavy (non-hydrogen) atoms. The Hall–Kier alpha value is -5.35. The number of hydrogen-bond acceptors (Lipinski definition) is 19. The Kier molecular flexibility index (Phi) is 30.7. The van der Waals surface area contributed by atoms with Crippen LogP contribution >= 0.6 is 0 Å². The van der Waals surface area contributed by atoms with Gasteiger partial charge in [-0.1, -0.05) is 250 Å². The van der Waals surface area contributed by atoms with Gasteiger partial charge in [-0.2, -0.15) is 10.2 Å². The van der Waals surface area contributed by atoms with Gasteiger partial charge in [-0.15, -0.1) is 10.2 Å². The molecule has 9 saturated carbocycles. The SMILES string of the molecule is C.CC(C)[C@@H](C)[C@@]1(C)CC[C@]2(C)[C@H]3CC[C@@H]4[C@@]5(COC[C@@]4(C)[C@@H](OC[C@](C)(N)C(C)(C)C)[C@H](n4cncn4)C5)C3=CC[C@@]2(C)[C@@H]1C(=O)O.CC(C)[C@@H](C)[C@@]1(C)CC[C@]2(C)[C@H]3CC[C@@H]4[C@@]5(COC[C@@]4(C)[C@@H](OC[C@](C)(N)C(C)(C)C)[C@H](n4cnnc4)C5)C3=CC[C@@]2(C)[C@@H]1C(=O)O.CO[C@@H]1C[C@@]23COC[C@](C)([C@@H]2CC[C@H]2C3=CC[C@@]3(C)[C@H](C(=O)O)[C@@](C)([C@H](C)C(C)C)CC[C@]23C)[C@H]1OC[C@](C)(N)C(C)(C)C.c1nc[nH]n1. The van der Waals surface area contributed by atoms with Crippen molar-refractivity contribution in [1.82, 2.24) is 44.7 Å². The summed E-state index contributed by atoms with van der Waals surface area (Å²) in [4.78, 5) is 48.1. The summed E-state index contributed by atoms with van der Waals surface area (Å²) in [6.45, 7) is 80.2. The van der Waals surface area contributed by atoms with E-state index in [0.717, 1.165) is 122 Å². The van der Waals surface area contributed by atoms with Crippen LogP contribution in [-0.2, 0) is 47.5 Å². The number of nitrogens with one attached hydrogen (secondary N) is 1. The Morgan fingerprint density at radius 1 is 0.431 bits per heavy atom. The van der Waals surface area contributed by atoms with E-state index in [1.807, 2.05) is 30.8 Å². The third kappa shape index (κ3) is 17.4. The summed E-state index contributed by atoms with van der Waals surface area (Å²) in [7, 11) is 1.84. The molecule has 12 aliphatic carbocycles. The molecule has 3 aliphatic heterocycles. The van der Waals surface area contributed by atoms with E-state index in [0.29, 0.717) is 124 Å². The zero-order valence-electron chi connectivity index (χ0n) is 95.1. The van der Waals surface area contributed by atoms with Crippen molar-refractivity contribution in [2.24, 2.45) is 203 Å². The molecule has 6 bridgehead atoms. The summed E-state index contributed by atoms with van der Waals surface area (Å²) in [6, 6.07) is 0.0347. The lowest BCUT2D eigenvalue weighted by atomic mass is 9.34. The molecule has 25 heteroatoms. The standard InChI is InChI=1S/2C39H64N4O4.C38H65NO5.C2H3N3.CH4/c1-24(2)25(3)34(7)16-17-36(9)26-12-13-29-35(8)19-46-21-39(29,27(26)14-15-37(36,10)30(34)32(44)45)18-28(43-22-41-42-23-43)31(35)47-20-38(11,40)33(4,5)6;1-24(2)25(3)34(7)16-17-36(9)26-12-13-29-35(8)19-46-21-39(29,27(26)14-15-37(36,10)30(34)32(44)45)18-28(43-23-41-22-42-43)31(35)47-20-38(11,40)33(4,5)6;1-23(2)24(3)33(7)17-18-35(9)25-13-14-28-34(8)20-43-22-38(28,26(25)15-16-36(35,10)29(33)31(40)41)19-27(42-12)30(34)44-21-37(11,39)32(4,5)6;1-3-2-5-4-1;/h2*14,22-26,28-31H,12-13,15-21,40H2,1-11H3,(H,44,45);15,23-25,27-30H,13-14,16-22,39H2,1-12H3,(H,40,41);1-2H,(H,3,4,5);1H4/t2*25-,26+,28-,29+,30-,31+,34-,35-,36-,37+,38+,39+;24-,25+,27-,28+,29-,30+,33-,34-,35-,36+,37+,38+;;/m111../s1. The fraction of sp³-hybridized carbons (Fsp3) is 0.874. The number of carbonyl (C=O) groups is 3. The predicted molar refractivity (Wildman–Crippen MR) is 568 cm³/mol. The van der Waals surface area contributed by atoms with Crippen molar-refractivity contribution in [2.45, 2.75) is 405 Å². The molecule has 18 rings (SSSR count). The largest absolute Gasteiger partial charge is 0.481 e. The highest BCUT2D eigenvalue weighted by molar-refractivity contribution is 5.75. The molecule has 0 radical (unpaired) electrons. The molecule has 3 aromatic rings. The van der Waals surface area contributed by atoms with Crippen LogP contribution in [0.5, 0.6) is 0 Å². The Balaban J connectivity index is 0.000000166. The van der Waals surface area contributed by atoms with Gasteiger partial charge in [0, 0.05) is 56.2 Å². The van der Waals surface area contributed by atoms with Crippen molar-refractivity contribution >= 4 is 17.9 Å². The van der Waals surface area contributed by atoms with Crippen LogP contribution in [0, 0.1) is 186 Å². The quantitative estimate of drug-likeness (QED) is 0.0487. The molecule has 10 N–H and O–H groups in total. The topological polar surface area (TPSA) is 358 Å². The number of nitrogens with zero attached hydrogens (tertiary/aromatic N) is 8. The van der Waals surface area contributed by atoms with Crippen molar-refractivity contribution in [3.63, 3.8) is 0 Å². The lowest BCUT2D eigenvalue weighted by Crippen LogP contribution is -2.70. The van der Waals surface area contributed by atoms with Crippen molar-refractivity contribution in [3.05, 3.63) is 72.9 Å². The number of methoxy groups -OCH3 is 1. The number of aliphatic carboxylic acids is 3. The molecule has 36 atom stereocenters. The monoisotopic (exact) mass is 2010 g/mol. The average molecular weight is 2010 g/mol. The minimum atomic E-state index is -0.614. The highest BCUT2D eigenvalue weighted by Crippen LogP contribution is 2.81. The second kappa shape index (κ2) is 38.7. The fourth-order valence-electron chi connectivity index (χ4n) is 35.8. The summed E-state index contributed by atoms with van der Waals surface area (Å²) in [5.74, 6) is 1.53. The molecule has 25 nitrogen and oxygen atoms in total. The second-order valence-corrected chi connectivity index (χ2v) is 58.2. The number of rotatable bonds is 21. The summed E-state index contributed by atoms with van der Waals surface area (Å²) in [5, 5.41) is 52.2. The Morgan fingerprint density at radius 3 is 1.03 bits per heavy atom. The van der Waals surface area contributed by atoms with Gasteiger partial charge in [-0.3, -0.25) is 19.5 Å². The van der Waals surface area contributed by atoms with Crippen LogP contribution in [0.3, 0.4) is 0 Å². The van der Waals surface area contributed by atoms with Gasteiger partial charge < -0.3 is 70.2 Å². The molecule has 12 fully saturated rings. The number of carboxylic acids is 3. The number of aromatic amines is 1. The average Bonchev–Trinajstić information content (AvgIpc) is 0.767. The van der Waals surface area contributed by atoms with Gasteiger partial charge in [0.25, 0.3) is 0 Å². The van der Waals surface area contributed by atoms with E-state index in [1.54, 1.807) is 17.5 Å². The number of nitrogens with two attached hydrogens (primary N) is 3. The first kappa shape index (κ1) is 114. The van der Waals surface area contributed by atoms with E-state index in [-0.39, 0.29) is 147 Å². The summed E-state index contributed by atoms with van der Waals surface area (Å²) >= 11 is 0. The number of hydrogen-bond donors (Lipinski definition) is 7. The smallest absolute Gasteiger partial charge is 0.307 e. The van der Waals surface area contributed by atoms with Gasteiger partial charge in [0.05, 0.1) is 114 Å². The number of allylic oxidation sites excluding steroid dienone is 3. The van der Waals surface area contributed by atoms with E-state index in [1.165, 1.54) is 18.2 Å². The van der Waals surface area contributed by atoms with E-state index in [9.17, 15) is 29.7 Å². The van der Waals surface area contributed by atoms with Gasteiger partial charge in [0.2, 0.25) is 0 Å². The molecule has 3 aromatic heterocycles. The normalized spacial score (nSPS) is 44.3. The highest BCUT2D eigenvalue weighted by Gasteiger charge is 2.78. The van der Waals surface area contributed by atoms with E-state index < -0.39 is 46.4 Å². The Labute approximate surface area is 868 Å². The lowest BCUT2D eigenvalue weighted by Gasteiger charge is -2.71. The van der Waals surface area contributed by atoms with Crippen molar-refractivity contribution < 1.29 is 62.9 Å². The summed E-state index contributed by atoms with van der Waals surface area (Å²) < 4.78 is 51.5. The number of fused-ring (bicyclic) bond motifs is 9. The molecule has 0 amide bonds. The van der Waals surface area contributed by atoms with E-state index in [2.05, 4.69) is 282 Å². The number of carboxylic acid groups (broad SMARTS) is 3. The summed E-state index contributed by atoms with van der Waals surface area (Å²) in [6.07, 6.45) is 35.0. The number of ether oxygens (including phenoxy) is 7. The first-order valence-corrected chi connectivity index (χ1v) is 55.8. The van der Waals surface area contributed by atoms with Crippen LogP contribution in [0.1, 0.15) is 364 Å². The van der Waals surface area contributed by atoms with Crippen molar-refractivity contribution in [3.8, 4) is 0 Å². The fourth-order valence-corrected chi connectivity index (χ4v) is 35.8. The highest BCUT2D eigenvalue weighted by atomic mass is 16.5. The maximum atomic E-state index is 13.4. The van der Waals surface area contributed by atoms with Crippen LogP contribution in [0.15, 0.2) is 72.9 Å². The lowest BCUT2D eigenvalue weighted by molar-refractivity contribution is -0.270.